The Kier molecular flexibility index (Phi) is 2.68. The highest BCUT2D eigenvalue weighted by molar-refractivity contribution is 5.87. The molecule has 1 aromatic carbocycles. The number of nitrogens with zero attached hydrogens (tertiary/aromatic N) is 1. The molecule has 19 heavy (non-hydrogen) atoms. The first kappa shape index (κ1) is 11.3. The third kappa shape index (κ3) is 2.28. The maximum absolute atomic E-state index is 10.8. The van der Waals surface area contributed by atoms with Gasteiger partial charge in [-0.15, -0.1) is 0 Å². The lowest BCUT2D eigenvalue weighted by atomic mass is 10.3. The number of pyridine rings is 1. The molecule has 0 amide bonds. The van der Waals surface area contributed by atoms with Crippen LogP contribution in [0.15, 0.2) is 36.5 Å². The van der Waals surface area contributed by atoms with Crippen molar-refractivity contribution in [2.24, 2.45) is 0 Å². The van der Waals surface area contributed by atoms with E-state index in [2.05, 4.69) is 4.98 Å². The van der Waals surface area contributed by atoms with Gasteiger partial charge in [-0.2, -0.15) is 0 Å². The van der Waals surface area contributed by atoms with Crippen molar-refractivity contribution in [3.05, 3.63) is 42.1 Å². The predicted molar refractivity (Wildman–Crippen MR) is 63.8 cm³/mol. The molecule has 96 valence electrons. The van der Waals surface area contributed by atoms with Crippen LogP contribution in [0.25, 0.3) is 0 Å². The molecule has 0 saturated heterocycles. The van der Waals surface area contributed by atoms with E-state index in [1.807, 2.05) is 0 Å². The minimum atomic E-state index is -1.03. The molecule has 2 aromatic rings. The summed E-state index contributed by atoms with van der Waals surface area (Å²) in [4.78, 5) is 14.8. The number of hydrogen-bond donors (Lipinski definition) is 1. The smallest absolute Gasteiger partial charge is 0.335 e. The molecule has 6 heteroatoms. The number of ether oxygens (including phenoxy) is 3. The zero-order chi connectivity index (χ0) is 13.2. The molecule has 1 aliphatic rings. The van der Waals surface area contributed by atoms with Crippen LogP contribution >= 0.6 is 0 Å². The number of rotatable bonds is 3. The number of aromatic nitrogens is 1. The third-order valence-electron chi connectivity index (χ3n) is 2.55. The minimum absolute atomic E-state index is 0.116. The van der Waals surface area contributed by atoms with Crippen molar-refractivity contribution in [3.8, 4) is 23.1 Å². The summed E-state index contributed by atoms with van der Waals surface area (Å²) in [5, 5.41) is 8.88. The van der Waals surface area contributed by atoms with Gasteiger partial charge in [0.2, 0.25) is 12.7 Å². The molecule has 0 spiro atoms. The Bertz CT molecular complexity index is 641. The largest absolute Gasteiger partial charge is 0.478 e. The van der Waals surface area contributed by atoms with E-state index in [9.17, 15) is 4.79 Å². The van der Waals surface area contributed by atoms with Crippen molar-refractivity contribution >= 4 is 5.97 Å². The van der Waals surface area contributed by atoms with Crippen LogP contribution < -0.4 is 14.2 Å². The minimum Gasteiger partial charge on any atom is -0.478 e. The Morgan fingerprint density at radius 1 is 1.21 bits per heavy atom. The maximum Gasteiger partial charge on any atom is 0.335 e. The maximum atomic E-state index is 10.8. The molecular weight excluding hydrogens is 250 g/mol. The number of aromatic carboxylic acids is 1. The average Bonchev–Trinajstić information content (AvgIpc) is 2.86. The van der Waals surface area contributed by atoms with Crippen LogP contribution in [0.1, 0.15) is 10.4 Å². The summed E-state index contributed by atoms with van der Waals surface area (Å²) in [6, 6.07) is 7.83. The first-order valence-electron chi connectivity index (χ1n) is 5.49. The van der Waals surface area contributed by atoms with E-state index in [1.54, 1.807) is 18.2 Å². The van der Waals surface area contributed by atoms with E-state index >= 15 is 0 Å². The SMILES string of the molecule is O=C(O)c1ccnc(Oc2ccc3c(c2)OCO3)c1. The lowest BCUT2D eigenvalue weighted by Crippen LogP contribution is -1.97. The normalized spacial score (nSPS) is 12.2. The van der Waals surface area contributed by atoms with Gasteiger partial charge in [0, 0.05) is 18.3 Å². The zero-order valence-electron chi connectivity index (χ0n) is 9.70. The van der Waals surface area contributed by atoms with Crippen LogP contribution in [0.3, 0.4) is 0 Å². The van der Waals surface area contributed by atoms with Gasteiger partial charge in [0.05, 0.1) is 5.56 Å². The molecule has 1 aromatic heterocycles. The summed E-state index contributed by atoms with van der Waals surface area (Å²) >= 11 is 0. The van der Waals surface area contributed by atoms with Crippen molar-refractivity contribution < 1.29 is 24.1 Å². The fourth-order valence-electron chi connectivity index (χ4n) is 1.66. The highest BCUT2D eigenvalue weighted by Crippen LogP contribution is 2.36. The van der Waals surface area contributed by atoms with Crippen LogP contribution in [0.5, 0.6) is 23.1 Å². The molecule has 0 bridgehead atoms. The van der Waals surface area contributed by atoms with Gasteiger partial charge in [0.15, 0.2) is 11.5 Å². The average molecular weight is 259 g/mol. The standard InChI is InChI=1S/C13H9NO5/c15-13(16)8-3-4-14-12(5-8)19-9-1-2-10-11(6-9)18-7-17-10/h1-6H,7H2,(H,15,16). The van der Waals surface area contributed by atoms with E-state index in [0.717, 1.165) is 0 Å². The first-order chi connectivity index (χ1) is 9.22. The number of carboxylic acid groups (broad SMARTS) is 1. The van der Waals surface area contributed by atoms with Gasteiger partial charge >= 0.3 is 5.97 Å². The van der Waals surface area contributed by atoms with Crippen molar-refractivity contribution in [1.82, 2.24) is 4.98 Å². The summed E-state index contributed by atoms with van der Waals surface area (Å²) in [5.41, 5.74) is 0.116. The lowest BCUT2D eigenvalue weighted by Gasteiger charge is -2.05. The highest BCUT2D eigenvalue weighted by atomic mass is 16.7. The van der Waals surface area contributed by atoms with Gasteiger partial charge in [-0.25, -0.2) is 9.78 Å². The van der Waals surface area contributed by atoms with Crippen LogP contribution in [0.4, 0.5) is 0 Å². The molecule has 0 atom stereocenters. The summed E-state index contributed by atoms with van der Waals surface area (Å²) in [7, 11) is 0. The molecule has 0 saturated carbocycles. The second kappa shape index (κ2) is 4.49. The van der Waals surface area contributed by atoms with Crippen LogP contribution in [0.2, 0.25) is 0 Å². The number of carboxylic acids is 1. The van der Waals surface area contributed by atoms with E-state index < -0.39 is 5.97 Å². The van der Waals surface area contributed by atoms with Gasteiger partial charge < -0.3 is 19.3 Å². The molecule has 6 nitrogen and oxygen atoms in total. The molecule has 3 rings (SSSR count). The molecule has 0 aliphatic carbocycles. The Labute approximate surface area is 108 Å². The number of benzene rings is 1. The Hall–Kier alpha value is -2.76. The second-order valence-corrected chi connectivity index (χ2v) is 3.81. The first-order valence-corrected chi connectivity index (χ1v) is 5.49. The quantitative estimate of drug-likeness (QED) is 0.911. The van der Waals surface area contributed by atoms with Gasteiger partial charge in [0.25, 0.3) is 0 Å². The summed E-state index contributed by atoms with van der Waals surface area (Å²) in [6.45, 7) is 0.186. The Morgan fingerprint density at radius 2 is 2.05 bits per heavy atom. The molecule has 0 unspecified atom stereocenters. The van der Waals surface area contributed by atoms with Gasteiger partial charge in [-0.3, -0.25) is 0 Å². The van der Waals surface area contributed by atoms with E-state index in [1.165, 1.54) is 18.3 Å². The third-order valence-corrected chi connectivity index (χ3v) is 2.55. The van der Waals surface area contributed by atoms with Crippen LogP contribution in [-0.2, 0) is 0 Å². The number of hydrogen-bond acceptors (Lipinski definition) is 5. The predicted octanol–water partition coefficient (Wildman–Crippen LogP) is 2.30. The van der Waals surface area contributed by atoms with Crippen molar-refractivity contribution in [1.29, 1.82) is 0 Å². The second-order valence-electron chi connectivity index (χ2n) is 3.81. The summed E-state index contributed by atoms with van der Waals surface area (Å²) in [6.07, 6.45) is 1.38. The van der Waals surface area contributed by atoms with E-state index in [0.29, 0.717) is 17.2 Å². The van der Waals surface area contributed by atoms with Crippen molar-refractivity contribution in [2.75, 3.05) is 6.79 Å². The topological polar surface area (TPSA) is 77.9 Å². The molecular formula is C13H9NO5. The fourth-order valence-corrected chi connectivity index (χ4v) is 1.66. The van der Waals surface area contributed by atoms with Gasteiger partial charge in [-0.05, 0) is 18.2 Å². The molecule has 2 heterocycles. The van der Waals surface area contributed by atoms with Crippen LogP contribution in [-0.4, -0.2) is 22.9 Å². The lowest BCUT2D eigenvalue weighted by molar-refractivity contribution is 0.0696. The molecule has 1 N–H and O–H groups in total. The van der Waals surface area contributed by atoms with Gasteiger partial charge in [0.1, 0.15) is 5.75 Å². The van der Waals surface area contributed by atoms with Gasteiger partial charge in [-0.1, -0.05) is 0 Å². The zero-order valence-corrected chi connectivity index (χ0v) is 9.70. The molecule has 1 aliphatic heterocycles. The van der Waals surface area contributed by atoms with Crippen LogP contribution in [0, 0.1) is 0 Å². The van der Waals surface area contributed by atoms with E-state index in [-0.39, 0.29) is 18.2 Å². The summed E-state index contributed by atoms with van der Waals surface area (Å²) in [5.74, 6) is 0.919. The molecule has 0 radical (unpaired) electrons. The Morgan fingerprint density at radius 3 is 2.89 bits per heavy atom. The number of fused-ring (bicyclic) bond motifs is 1. The number of carbonyl (C=O) groups is 1. The fraction of sp³-hybridized carbons (Fsp3) is 0.0769. The van der Waals surface area contributed by atoms with Crippen molar-refractivity contribution in [2.45, 2.75) is 0 Å². The van der Waals surface area contributed by atoms with E-state index in [4.69, 9.17) is 19.3 Å². The highest BCUT2D eigenvalue weighted by Gasteiger charge is 2.14. The molecule has 0 fully saturated rings. The van der Waals surface area contributed by atoms with Crippen molar-refractivity contribution in [3.63, 3.8) is 0 Å². The Balaban J connectivity index is 1.85. The monoisotopic (exact) mass is 259 g/mol. The summed E-state index contributed by atoms with van der Waals surface area (Å²) < 4.78 is 15.9.